The third-order valence-corrected chi connectivity index (χ3v) is 2.05. The fourth-order valence-electron chi connectivity index (χ4n) is 1.10. The quantitative estimate of drug-likeness (QED) is 0.567. The van der Waals surface area contributed by atoms with Crippen LogP contribution < -0.4 is 10.6 Å². The van der Waals surface area contributed by atoms with Crippen molar-refractivity contribution in [2.75, 3.05) is 27.3 Å². The van der Waals surface area contributed by atoms with E-state index in [1.54, 1.807) is 7.11 Å². The molecule has 0 aromatic rings. The molecule has 0 aromatic heterocycles. The third kappa shape index (κ3) is 6.36. The topological polar surface area (TPSA) is 76.7 Å². The van der Waals surface area contributed by atoms with Gasteiger partial charge in [0.25, 0.3) is 0 Å². The molecule has 0 rings (SSSR count). The number of esters is 1. The maximum atomic E-state index is 11.3. The molecule has 1 amide bonds. The van der Waals surface area contributed by atoms with Crippen LogP contribution in [-0.4, -0.2) is 51.3 Å². The lowest BCUT2D eigenvalue weighted by Gasteiger charge is -2.17. The zero-order chi connectivity index (χ0) is 12.6. The van der Waals surface area contributed by atoms with Crippen LogP contribution in [0.5, 0.6) is 0 Å². The molecule has 2 N–H and O–H groups in total. The first-order valence-electron chi connectivity index (χ1n) is 5.09. The molecule has 2 atom stereocenters. The summed E-state index contributed by atoms with van der Waals surface area (Å²) in [4.78, 5) is 22.1. The molecule has 0 aliphatic rings. The lowest BCUT2D eigenvalue weighted by Crippen LogP contribution is -2.48. The number of rotatable bonds is 7. The van der Waals surface area contributed by atoms with E-state index >= 15 is 0 Å². The van der Waals surface area contributed by atoms with Gasteiger partial charge in [-0.2, -0.15) is 0 Å². The van der Waals surface area contributed by atoms with Crippen molar-refractivity contribution in [3.63, 3.8) is 0 Å². The Morgan fingerprint density at radius 3 is 2.31 bits per heavy atom. The summed E-state index contributed by atoms with van der Waals surface area (Å²) in [7, 11) is 2.90. The van der Waals surface area contributed by atoms with Crippen LogP contribution in [0.15, 0.2) is 0 Å². The number of amides is 1. The Bertz CT molecular complexity index is 233. The monoisotopic (exact) mass is 232 g/mol. The van der Waals surface area contributed by atoms with Crippen LogP contribution in [0.3, 0.4) is 0 Å². The van der Waals surface area contributed by atoms with Gasteiger partial charge in [0.2, 0.25) is 5.91 Å². The van der Waals surface area contributed by atoms with E-state index in [0.717, 1.165) is 0 Å². The number of methoxy groups -OCH3 is 2. The molecule has 16 heavy (non-hydrogen) atoms. The number of hydrogen-bond acceptors (Lipinski definition) is 5. The first-order valence-corrected chi connectivity index (χ1v) is 5.09. The van der Waals surface area contributed by atoms with Crippen LogP contribution >= 0.6 is 0 Å². The molecule has 0 spiro atoms. The van der Waals surface area contributed by atoms with Crippen molar-refractivity contribution in [3.05, 3.63) is 0 Å². The van der Waals surface area contributed by atoms with Gasteiger partial charge in [-0.3, -0.25) is 4.79 Å². The SMILES string of the molecule is COC(=O)C(CNCC(C)OC)NC(C)=O. The fraction of sp³-hybridized carbons (Fsp3) is 0.800. The second-order valence-electron chi connectivity index (χ2n) is 3.48. The maximum absolute atomic E-state index is 11.3. The predicted molar refractivity (Wildman–Crippen MR) is 59.0 cm³/mol. The number of hydrogen-bond donors (Lipinski definition) is 2. The van der Waals surface area contributed by atoms with Gasteiger partial charge in [0.1, 0.15) is 6.04 Å². The van der Waals surface area contributed by atoms with E-state index in [2.05, 4.69) is 15.4 Å². The molecule has 0 aliphatic carbocycles. The largest absolute Gasteiger partial charge is 0.467 e. The summed E-state index contributed by atoms with van der Waals surface area (Å²) in [6, 6.07) is -0.661. The fourth-order valence-corrected chi connectivity index (χ4v) is 1.10. The molecule has 94 valence electrons. The van der Waals surface area contributed by atoms with E-state index in [-0.39, 0.29) is 12.0 Å². The Morgan fingerprint density at radius 2 is 1.88 bits per heavy atom. The molecule has 0 aliphatic heterocycles. The van der Waals surface area contributed by atoms with E-state index in [1.165, 1.54) is 14.0 Å². The van der Waals surface area contributed by atoms with E-state index < -0.39 is 12.0 Å². The van der Waals surface area contributed by atoms with Gasteiger partial charge in [-0.05, 0) is 6.92 Å². The standard InChI is InChI=1S/C10H20N2O4/c1-7(15-3)5-11-6-9(10(14)16-4)12-8(2)13/h7,9,11H,5-6H2,1-4H3,(H,12,13). The second kappa shape index (κ2) is 8.06. The highest BCUT2D eigenvalue weighted by Gasteiger charge is 2.19. The molecule has 0 bridgehead atoms. The van der Waals surface area contributed by atoms with Crippen LogP contribution in [0.4, 0.5) is 0 Å². The minimum Gasteiger partial charge on any atom is -0.467 e. The van der Waals surface area contributed by atoms with Crippen molar-refractivity contribution in [1.82, 2.24) is 10.6 Å². The Balaban J connectivity index is 4.01. The van der Waals surface area contributed by atoms with Crippen molar-refractivity contribution in [2.45, 2.75) is 26.0 Å². The molecule has 0 radical (unpaired) electrons. The van der Waals surface area contributed by atoms with Crippen molar-refractivity contribution in [1.29, 1.82) is 0 Å². The number of nitrogens with one attached hydrogen (secondary N) is 2. The molecular formula is C10H20N2O4. The van der Waals surface area contributed by atoms with Crippen LogP contribution in [0, 0.1) is 0 Å². The van der Waals surface area contributed by atoms with Gasteiger partial charge in [0.15, 0.2) is 0 Å². The van der Waals surface area contributed by atoms with E-state index in [4.69, 9.17) is 4.74 Å². The highest BCUT2D eigenvalue weighted by molar-refractivity contribution is 5.83. The van der Waals surface area contributed by atoms with E-state index in [9.17, 15) is 9.59 Å². The number of carbonyl (C=O) groups excluding carboxylic acids is 2. The first kappa shape index (κ1) is 14.9. The summed E-state index contributed by atoms with van der Waals surface area (Å²) in [5.74, 6) is -0.732. The van der Waals surface area contributed by atoms with Crippen molar-refractivity contribution in [3.8, 4) is 0 Å². The number of ether oxygens (including phenoxy) is 2. The average Bonchev–Trinajstić information content (AvgIpc) is 2.25. The summed E-state index contributed by atoms with van der Waals surface area (Å²) in [5.41, 5.74) is 0. The Kier molecular flexibility index (Phi) is 7.49. The lowest BCUT2D eigenvalue weighted by molar-refractivity contribution is -0.144. The number of carbonyl (C=O) groups is 2. The highest BCUT2D eigenvalue weighted by Crippen LogP contribution is 1.89. The molecule has 0 saturated heterocycles. The minimum absolute atomic E-state index is 0.0515. The van der Waals surface area contributed by atoms with Crippen molar-refractivity contribution in [2.24, 2.45) is 0 Å². The van der Waals surface area contributed by atoms with Crippen LogP contribution in [0.2, 0.25) is 0 Å². The van der Waals surface area contributed by atoms with Crippen molar-refractivity contribution >= 4 is 11.9 Å². The summed E-state index contributed by atoms with van der Waals surface area (Å²) >= 11 is 0. The zero-order valence-corrected chi connectivity index (χ0v) is 10.2. The van der Waals surface area contributed by atoms with Gasteiger partial charge in [-0.1, -0.05) is 0 Å². The molecule has 2 unspecified atom stereocenters. The molecule has 0 aromatic carbocycles. The van der Waals surface area contributed by atoms with Gasteiger partial charge in [-0.25, -0.2) is 4.79 Å². The molecule has 0 heterocycles. The van der Waals surface area contributed by atoms with Gasteiger partial charge in [-0.15, -0.1) is 0 Å². The summed E-state index contributed by atoms with van der Waals surface area (Å²) < 4.78 is 9.61. The lowest BCUT2D eigenvalue weighted by atomic mass is 10.2. The Hall–Kier alpha value is -1.14. The predicted octanol–water partition coefficient (Wildman–Crippen LogP) is -0.711. The molecule has 6 nitrogen and oxygen atoms in total. The first-order chi connectivity index (χ1) is 7.51. The average molecular weight is 232 g/mol. The van der Waals surface area contributed by atoms with E-state index in [0.29, 0.717) is 13.1 Å². The van der Waals surface area contributed by atoms with E-state index in [1.807, 2.05) is 6.92 Å². The van der Waals surface area contributed by atoms with Gasteiger partial charge < -0.3 is 20.1 Å². The molecule has 6 heteroatoms. The smallest absolute Gasteiger partial charge is 0.329 e. The summed E-state index contributed by atoms with van der Waals surface area (Å²) in [5, 5.41) is 5.52. The van der Waals surface area contributed by atoms with Gasteiger partial charge >= 0.3 is 5.97 Å². The highest BCUT2D eigenvalue weighted by atomic mass is 16.5. The Labute approximate surface area is 95.7 Å². The zero-order valence-electron chi connectivity index (χ0n) is 10.2. The minimum atomic E-state index is -0.661. The molecule has 0 fully saturated rings. The van der Waals surface area contributed by atoms with Gasteiger partial charge in [0, 0.05) is 27.1 Å². The van der Waals surface area contributed by atoms with Crippen molar-refractivity contribution < 1.29 is 19.1 Å². The summed E-state index contributed by atoms with van der Waals surface area (Å²) in [6.45, 7) is 4.18. The molecule has 0 saturated carbocycles. The van der Waals surface area contributed by atoms with Crippen LogP contribution in [0.25, 0.3) is 0 Å². The van der Waals surface area contributed by atoms with Gasteiger partial charge in [0.05, 0.1) is 13.2 Å². The summed E-state index contributed by atoms with van der Waals surface area (Å²) in [6.07, 6.45) is 0.0515. The van der Waals surface area contributed by atoms with Crippen LogP contribution in [0.1, 0.15) is 13.8 Å². The Morgan fingerprint density at radius 1 is 1.25 bits per heavy atom. The molecular weight excluding hydrogens is 212 g/mol. The third-order valence-electron chi connectivity index (χ3n) is 2.05. The second-order valence-corrected chi connectivity index (χ2v) is 3.48. The normalized spacial score (nSPS) is 14.0. The van der Waals surface area contributed by atoms with Crippen LogP contribution in [-0.2, 0) is 19.1 Å². The maximum Gasteiger partial charge on any atom is 0.329 e.